The van der Waals surface area contributed by atoms with Gasteiger partial charge < -0.3 is 20.8 Å². The number of hydrogen-bond acceptors (Lipinski definition) is 3. The van der Waals surface area contributed by atoms with Gasteiger partial charge in [-0.3, -0.25) is 0 Å². The third-order valence-corrected chi connectivity index (χ3v) is 2.34. The number of carboxylic acids is 1. The largest absolute Gasteiger partial charge is 0.479 e. The molecule has 0 saturated carbocycles. The molecular weight excluding hydrogens is 300 g/mol. The predicted octanol–water partition coefficient (Wildman–Crippen LogP) is 1.20. The number of halogens is 4. The minimum Gasteiger partial charge on any atom is -0.479 e. The number of carbonyl (C=O) groups excluding carboxylic acids is 1. The lowest BCUT2D eigenvalue weighted by molar-refractivity contribution is -0.146. The number of aliphatic hydroxyl groups is 1. The lowest BCUT2D eigenvalue weighted by Gasteiger charge is -2.11. The van der Waals surface area contributed by atoms with E-state index in [-0.39, 0.29) is 19.0 Å². The fraction of sp³-hybridized carbons (Fsp3) is 0.273. The molecule has 1 unspecified atom stereocenters. The Kier molecular flexibility index (Phi) is 5.47. The van der Waals surface area contributed by atoms with Gasteiger partial charge in [-0.05, 0) is 0 Å². The molecule has 0 aliphatic rings. The number of carboxylic acid groups (broad SMARTS) is 1. The van der Waals surface area contributed by atoms with Gasteiger partial charge in [-0.1, -0.05) is 0 Å². The SMILES string of the molecule is O=C(NCCC(O)C(=O)O)Nc1c(F)c(F)cc(F)c1F. The molecule has 0 bridgehead atoms. The summed E-state index contributed by atoms with van der Waals surface area (Å²) < 4.78 is 52.2. The van der Waals surface area contributed by atoms with Gasteiger partial charge >= 0.3 is 12.0 Å². The predicted molar refractivity (Wildman–Crippen MR) is 61.6 cm³/mol. The highest BCUT2D eigenvalue weighted by atomic mass is 19.2. The average Bonchev–Trinajstić information content (AvgIpc) is 2.41. The topological polar surface area (TPSA) is 98.7 Å². The summed E-state index contributed by atoms with van der Waals surface area (Å²) in [6.07, 6.45) is -2.10. The Hall–Kier alpha value is -2.36. The Morgan fingerprint density at radius 2 is 1.67 bits per heavy atom. The minimum atomic E-state index is -1.78. The van der Waals surface area contributed by atoms with Crippen LogP contribution in [0.15, 0.2) is 6.07 Å². The first kappa shape index (κ1) is 16.7. The maximum Gasteiger partial charge on any atom is 0.332 e. The van der Waals surface area contributed by atoms with Crippen molar-refractivity contribution in [2.45, 2.75) is 12.5 Å². The van der Waals surface area contributed by atoms with Crippen LogP contribution in [-0.2, 0) is 4.79 Å². The van der Waals surface area contributed by atoms with Crippen molar-refractivity contribution in [3.8, 4) is 0 Å². The molecule has 10 heteroatoms. The second kappa shape index (κ2) is 6.88. The minimum absolute atomic E-state index is 0.0169. The molecule has 4 N–H and O–H groups in total. The van der Waals surface area contributed by atoms with E-state index in [1.165, 1.54) is 0 Å². The number of hydrogen-bond donors (Lipinski definition) is 4. The van der Waals surface area contributed by atoms with Crippen molar-refractivity contribution in [1.82, 2.24) is 5.32 Å². The van der Waals surface area contributed by atoms with Gasteiger partial charge in [-0.25, -0.2) is 27.2 Å². The first-order valence-corrected chi connectivity index (χ1v) is 5.52. The Balaban J connectivity index is 2.66. The number of aliphatic carboxylic acids is 1. The molecule has 21 heavy (non-hydrogen) atoms. The monoisotopic (exact) mass is 310 g/mol. The van der Waals surface area contributed by atoms with Gasteiger partial charge in [0.25, 0.3) is 0 Å². The number of urea groups is 1. The van der Waals surface area contributed by atoms with E-state index in [0.29, 0.717) is 0 Å². The summed E-state index contributed by atoms with van der Waals surface area (Å²) in [6, 6.07) is -1.24. The van der Waals surface area contributed by atoms with Crippen molar-refractivity contribution < 1.29 is 37.4 Å². The molecule has 0 saturated heterocycles. The molecule has 0 fully saturated rings. The number of benzene rings is 1. The number of amides is 2. The van der Waals surface area contributed by atoms with Crippen LogP contribution < -0.4 is 10.6 Å². The van der Waals surface area contributed by atoms with Gasteiger partial charge in [0.1, 0.15) is 5.69 Å². The van der Waals surface area contributed by atoms with Gasteiger partial charge in [-0.2, -0.15) is 0 Å². The Morgan fingerprint density at radius 3 is 2.14 bits per heavy atom. The third-order valence-electron chi connectivity index (χ3n) is 2.34. The van der Waals surface area contributed by atoms with E-state index < -0.39 is 47.1 Å². The zero-order valence-electron chi connectivity index (χ0n) is 10.3. The zero-order chi connectivity index (χ0) is 16.2. The standard InChI is InChI=1S/C11H10F4N2O4/c12-4-3-5(13)8(15)9(7(4)14)17-11(21)16-2-1-6(18)10(19)20/h3,6,18H,1-2H2,(H,19,20)(H2,16,17,21). The lowest BCUT2D eigenvalue weighted by Crippen LogP contribution is -2.33. The van der Waals surface area contributed by atoms with Crippen molar-refractivity contribution in [1.29, 1.82) is 0 Å². The van der Waals surface area contributed by atoms with Crippen LogP contribution in [0.4, 0.5) is 28.0 Å². The quantitative estimate of drug-likeness (QED) is 0.485. The van der Waals surface area contributed by atoms with Crippen LogP contribution in [-0.4, -0.2) is 34.9 Å². The molecule has 6 nitrogen and oxygen atoms in total. The molecule has 0 radical (unpaired) electrons. The van der Waals surface area contributed by atoms with E-state index >= 15 is 0 Å². The fourth-order valence-corrected chi connectivity index (χ4v) is 1.29. The molecule has 0 spiro atoms. The Bertz CT molecular complexity index is 541. The Labute approximate surface area is 115 Å². The maximum absolute atomic E-state index is 13.2. The molecule has 0 aromatic heterocycles. The number of aliphatic hydroxyl groups excluding tert-OH is 1. The first-order valence-electron chi connectivity index (χ1n) is 5.52. The molecule has 1 aromatic carbocycles. The zero-order valence-corrected chi connectivity index (χ0v) is 10.3. The highest BCUT2D eigenvalue weighted by molar-refractivity contribution is 5.89. The maximum atomic E-state index is 13.2. The molecule has 2 amide bonds. The van der Waals surface area contributed by atoms with E-state index in [1.807, 2.05) is 5.32 Å². The summed E-state index contributed by atoms with van der Waals surface area (Å²) in [7, 11) is 0. The normalized spacial score (nSPS) is 11.9. The summed E-state index contributed by atoms with van der Waals surface area (Å²) in [5.41, 5.74) is -1.32. The molecule has 0 aliphatic carbocycles. The van der Waals surface area contributed by atoms with E-state index in [0.717, 1.165) is 0 Å². The molecule has 1 aromatic rings. The Morgan fingerprint density at radius 1 is 1.14 bits per heavy atom. The highest BCUT2D eigenvalue weighted by Gasteiger charge is 2.21. The van der Waals surface area contributed by atoms with Gasteiger partial charge in [0.15, 0.2) is 29.4 Å². The van der Waals surface area contributed by atoms with Crippen molar-refractivity contribution in [3.63, 3.8) is 0 Å². The average molecular weight is 310 g/mol. The summed E-state index contributed by atoms with van der Waals surface area (Å²) in [6.45, 7) is -0.347. The molecular formula is C11H10F4N2O4. The smallest absolute Gasteiger partial charge is 0.332 e. The molecule has 0 heterocycles. The van der Waals surface area contributed by atoms with Crippen molar-refractivity contribution in [2.75, 3.05) is 11.9 Å². The highest BCUT2D eigenvalue weighted by Crippen LogP contribution is 2.23. The van der Waals surface area contributed by atoms with E-state index in [4.69, 9.17) is 10.2 Å². The summed E-state index contributed by atoms with van der Waals surface area (Å²) in [4.78, 5) is 21.5. The van der Waals surface area contributed by atoms with Gasteiger partial charge in [0.2, 0.25) is 0 Å². The number of rotatable bonds is 5. The van der Waals surface area contributed by atoms with Crippen molar-refractivity contribution in [3.05, 3.63) is 29.3 Å². The van der Waals surface area contributed by atoms with Crippen LogP contribution in [0.3, 0.4) is 0 Å². The van der Waals surface area contributed by atoms with Gasteiger partial charge in [0, 0.05) is 19.0 Å². The molecule has 116 valence electrons. The number of carbonyl (C=O) groups is 2. The van der Waals surface area contributed by atoms with E-state index in [1.54, 1.807) is 5.32 Å². The van der Waals surface area contributed by atoms with Crippen LogP contribution in [0.2, 0.25) is 0 Å². The number of anilines is 1. The van der Waals surface area contributed by atoms with Crippen LogP contribution in [0.5, 0.6) is 0 Å². The first-order chi connectivity index (χ1) is 9.73. The van der Waals surface area contributed by atoms with Gasteiger partial charge in [0.05, 0.1) is 0 Å². The molecule has 0 aliphatic heterocycles. The van der Waals surface area contributed by atoms with Crippen molar-refractivity contribution >= 4 is 17.7 Å². The summed E-state index contributed by atoms with van der Waals surface area (Å²) >= 11 is 0. The van der Waals surface area contributed by atoms with Crippen LogP contribution >= 0.6 is 0 Å². The third kappa shape index (κ3) is 4.31. The molecule has 1 atom stereocenters. The van der Waals surface area contributed by atoms with E-state index in [2.05, 4.69) is 0 Å². The molecule has 1 rings (SSSR count). The second-order valence-electron chi connectivity index (χ2n) is 3.87. The fourth-order valence-electron chi connectivity index (χ4n) is 1.29. The summed E-state index contributed by atoms with van der Waals surface area (Å²) in [5, 5.41) is 20.8. The second-order valence-corrected chi connectivity index (χ2v) is 3.87. The van der Waals surface area contributed by atoms with Crippen molar-refractivity contribution in [2.24, 2.45) is 0 Å². The van der Waals surface area contributed by atoms with E-state index in [9.17, 15) is 27.2 Å². The lowest BCUT2D eigenvalue weighted by atomic mass is 10.2. The van der Waals surface area contributed by atoms with Gasteiger partial charge in [-0.15, -0.1) is 0 Å². The summed E-state index contributed by atoms with van der Waals surface area (Å²) in [5.74, 6) is -8.46. The van der Waals surface area contributed by atoms with Crippen LogP contribution in [0.1, 0.15) is 6.42 Å². The van der Waals surface area contributed by atoms with Crippen LogP contribution in [0.25, 0.3) is 0 Å². The van der Waals surface area contributed by atoms with Crippen LogP contribution in [0, 0.1) is 23.3 Å². The number of nitrogens with one attached hydrogen (secondary N) is 2.